The van der Waals surface area contributed by atoms with Gasteiger partial charge in [-0.05, 0) is 18.6 Å². The van der Waals surface area contributed by atoms with E-state index in [4.69, 9.17) is 4.99 Å². The fourth-order valence-electron chi connectivity index (χ4n) is 3.43. The summed E-state index contributed by atoms with van der Waals surface area (Å²) in [5.74, 6) is 2.08. The number of carbonyl (C=O) groups excluding carboxylic acids is 1. The second kappa shape index (κ2) is 6.70. The highest BCUT2D eigenvalue weighted by Gasteiger charge is 2.28. The van der Waals surface area contributed by atoms with Crippen LogP contribution < -0.4 is 0 Å². The quantitative estimate of drug-likeness (QED) is 0.845. The summed E-state index contributed by atoms with van der Waals surface area (Å²) in [4.78, 5) is 28.2. The molecule has 3 aliphatic heterocycles. The Hall–Kier alpha value is -2.63. The zero-order chi connectivity index (χ0) is 17.2. The molecule has 1 saturated heterocycles. The van der Waals surface area contributed by atoms with E-state index < -0.39 is 0 Å². The minimum atomic E-state index is 0.110. The molecule has 0 spiro atoms. The molecular weight excluding hydrogens is 314 g/mol. The maximum absolute atomic E-state index is 12.5. The Bertz CT molecular complexity index is 731. The standard InChI is InChI=1S/C19H23N5O/c1-2-16-13-24-14-20-17(12-18(24)21-16)22-8-10-23(11-9-22)19(25)15-6-4-3-5-7-15/h3-7,12,14,16H,2,8-11,13H2,1H3/t16-/m1/s1. The molecule has 25 heavy (non-hydrogen) atoms. The molecule has 0 unspecified atom stereocenters. The second-order valence-electron chi connectivity index (χ2n) is 6.59. The molecule has 0 aliphatic carbocycles. The monoisotopic (exact) mass is 337 g/mol. The van der Waals surface area contributed by atoms with E-state index in [0.717, 1.165) is 43.3 Å². The largest absolute Gasteiger partial charge is 0.353 e. The van der Waals surface area contributed by atoms with Crippen molar-refractivity contribution in [1.29, 1.82) is 0 Å². The lowest BCUT2D eigenvalue weighted by Crippen LogP contribution is -2.48. The number of hydrogen-bond acceptors (Lipinski definition) is 5. The average molecular weight is 337 g/mol. The van der Waals surface area contributed by atoms with Gasteiger partial charge in [-0.1, -0.05) is 25.1 Å². The van der Waals surface area contributed by atoms with Gasteiger partial charge >= 0.3 is 0 Å². The lowest BCUT2D eigenvalue weighted by atomic mass is 10.2. The number of nitrogens with zero attached hydrogens (tertiary/aromatic N) is 5. The Labute approximate surface area is 148 Å². The summed E-state index contributed by atoms with van der Waals surface area (Å²) in [6.45, 7) is 6.12. The van der Waals surface area contributed by atoms with Crippen molar-refractivity contribution >= 4 is 18.1 Å². The Balaban J connectivity index is 1.39. The molecule has 0 radical (unpaired) electrons. The molecule has 0 N–H and O–H groups in total. The van der Waals surface area contributed by atoms with Crippen LogP contribution in [0.4, 0.5) is 0 Å². The molecule has 1 amide bonds. The van der Waals surface area contributed by atoms with Crippen molar-refractivity contribution in [2.45, 2.75) is 19.4 Å². The summed E-state index contributed by atoms with van der Waals surface area (Å²) >= 11 is 0. The minimum Gasteiger partial charge on any atom is -0.353 e. The van der Waals surface area contributed by atoms with E-state index in [1.54, 1.807) is 0 Å². The van der Waals surface area contributed by atoms with Gasteiger partial charge in [-0.25, -0.2) is 4.99 Å². The van der Waals surface area contributed by atoms with Crippen LogP contribution in [0.25, 0.3) is 0 Å². The van der Waals surface area contributed by atoms with E-state index in [1.807, 2.05) is 41.6 Å². The predicted molar refractivity (Wildman–Crippen MR) is 98.7 cm³/mol. The third-order valence-corrected chi connectivity index (χ3v) is 4.99. The van der Waals surface area contributed by atoms with Crippen LogP contribution in [0.5, 0.6) is 0 Å². The fraction of sp³-hybridized carbons (Fsp3) is 0.421. The van der Waals surface area contributed by atoms with Crippen LogP contribution in [0.15, 0.2) is 52.2 Å². The van der Waals surface area contributed by atoms with Gasteiger partial charge in [-0.15, -0.1) is 0 Å². The Morgan fingerprint density at radius 3 is 2.64 bits per heavy atom. The zero-order valence-corrected chi connectivity index (χ0v) is 14.5. The molecule has 0 aromatic heterocycles. The van der Waals surface area contributed by atoms with Crippen molar-refractivity contribution in [3.8, 4) is 0 Å². The summed E-state index contributed by atoms with van der Waals surface area (Å²) in [5.41, 5.74) is 0.757. The third-order valence-electron chi connectivity index (χ3n) is 4.99. The number of piperazine rings is 1. The van der Waals surface area contributed by atoms with Crippen LogP contribution >= 0.6 is 0 Å². The minimum absolute atomic E-state index is 0.110. The Kier molecular flexibility index (Phi) is 4.26. The van der Waals surface area contributed by atoms with Crippen molar-refractivity contribution < 1.29 is 4.79 Å². The van der Waals surface area contributed by atoms with Crippen molar-refractivity contribution in [2.75, 3.05) is 32.7 Å². The maximum atomic E-state index is 12.5. The maximum Gasteiger partial charge on any atom is 0.253 e. The Morgan fingerprint density at radius 1 is 1.16 bits per heavy atom. The van der Waals surface area contributed by atoms with Gasteiger partial charge in [0.1, 0.15) is 11.7 Å². The van der Waals surface area contributed by atoms with Gasteiger partial charge in [-0.2, -0.15) is 0 Å². The van der Waals surface area contributed by atoms with Crippen LogP contribution in [0, 0.1) is 0 Å². The molecule has 1 aromatic carbocycles. The molecule has 3 aliphatic rings. The summed E-state index contributed by atoms with van der Waals surface area (Å²) < 4.78 is 0. The van der Waals surface area contributed by atoms with E-state index in [0.29, 0.717) is 19.1 Å². The lowest BCUT2D eigenvalue weighted by molar-refractivity contribution is 0.0668. The van der Waals surface area contributed by atoms with Crippen LogP contribution in [-0.4, -0.2) is 71.5 Å². The summed E-state index contributed by atoms with van der Waals surface area (Å²) in [5, 5.41) is 0. The SMILES string of the molecule is CC[C@@H]1CN2C=NC(N3CCN(C(=O)c4ccccc4)CC3)=CC2=N1. The first-order valence-corrected chi connectivity index (χ1v) is 8.94. The van der Waals surface area contributed by atoms with Crippen molar-refractivity contribution in [3.05, 3.63) is 47.8 Å². The van der Waals surface area contributed by atoms with Gasteiger partial charge in [0.05, 0.1) is 12.4 Å². The van der Waals surface area contributed by atoms with E-state index >= 15 is 0 Å². The number of fused-ring (bicyclic) bond motifs is 1. The van der Waals surface area contributed by atoms with Crippen LogP contribution in [0.1, 0.15) is 23.7 Å². The smallest absolute Gasteiger partial charge is 0.253 e. The van der Waals surface area contributed by atoms with E-state index in [-0.39, 0.29) is 5.91 Å². The molecule has 1 atom stereocenters. The molecule has 0 bridgehead atoms. The van der Waals surface area contributed by atoms with E-state index in [9.17, 15) is 4.79 Å². The molecule has 6 nitrogen and oxygen atoms in total. The van der Waals surface area contributed by atoms with Gasteiger partial charge in [0, 0.05) is 44.4 Å². The average Bonchev–Trinajstić information content (AvgIpc) is 3.10. The fourth-order valence-corrected chi connectivity index (χ4v) is 3.43. The highest BCUT2D eigenvalue weighted by Crippen LogP contribution is 2.20. The van der Waals surface area contributed by atoms with Gasteiger partial charge in [0.25, 0.3) is 5.91 Å². The first kappa shape index (κ1) is 15.9. The molecule has 6 heteroatoms. The number of carbonyl (C=O) groups is 1. The second-order valence-corrected chi connectivity index (χ2v) is 6.59. The summed E-state index contributed by atoms with van der Waals surface area (Å²) in [6.07, 6.45) is 5.02. The van der Waals surface area contributed by atoms with Gasteiger partial charge in [-0.3, -0.25) is 9.79 Å². The molecule has 130 valence electrons. The Morgan fingerprint density at radius 2 is 1.92 bits per heavy atom. The molecule has 0 saturated carbocycles. The normalized spacial score (nSPS) is 22.6. The number of amides is 1. The zero-order valence-electron chi connectivity index (χ0n) is 14.5. The molecule has 1 aromatic rings. The molecule has 3 heterocycles. The van der Waals surface area contributed by atoms with Crippen LogP contribution in [-0.2, 0) is 0 Å². The lowest BCUT2D eigenvalue weighted by Gasteiger charge is -2.36. The van der Waals surface area contributed by atoms with E-state index in [1.165, 1.54) is 0 Å². The highest BCUT2D eigenvalue weighted by molar-refractivity contribution is 6.03. The van der Waals surface area contributed by atoms with Gasteiger partial charge < -0.3 is 14.7 Å². The van der Waals surface area contributed by atoms with Crippen molar-refractivity contribution in [1.82, 2.24) is 14.7 Å². The van der Waals surface area contributed by atoms with Crippen LogP contribution in [0.2, 0.25) is 0 Å². The van der Waals surface area contributed by atoms with Crippen molar-refractivity contribution in [2.24, 2.45) is 9.98 Å². The van der Waals surface area contributed by atoms with Crippen molar-refractivity contribution in [3.63, 3.8) is 0 Å². The number of aliphatic imine (C=N–C) groups is 2. The van der Waals surface area contributed by atoms with E-state index in [2.05, 4.69) is 27.8 Å². The summed E-state index contributed by atoms with van der Waals surface area (Å²) in [6, 6.07) is 9.86. The number of rotatable bonds is 3. The predicted octanol–water partition coefficient (Wildman–Crippen LogP) is 1.82. The molecule has 1 fully saturated rings. The highest BCUT2D eigenvalue weighted by atomic mass is 16.2. The third kappa shape index (κ3) is 3.16. The van der Waals surface area contributed by atoms with Gasteiger partial charge in [0.2, 0.25) is 0 Å². The number of benzene rings is 1. The van der Waals surface area contributed by atoms with Crippen LogP contribution in [0.3, 0.4) is 0 Å². The first-order valence-electron chi connectivity index (χ1n) is 8.94. The topological polar surface area (TPSA) is 51.5 Å². The molecule has 4 rings (SSSR count). The molecular formula is C19H23N5O. The first-order chi connectivity index (χ1) is 12.2. The van der Waals surface area contributed by atoms with Gasteiger partial charge in [0.15, 0.2) is 0 Å². The summed E-state index contributed by atoms with van der Waals surface area (Å²) in [7, 11) is 0. The number of hydrogen-bond donors (Lipinski definition) is 0. The number of amidine groups is 1.